The number of carbonyl (C=O) groups excluding carboxylic acids is 1. The fourth-order valence-electron chi connectivity index (χ4n) is 1.79. The number of hydrogen-bond donors (Lipinski definition) is 0. The number of benzene rings is 1. The number of esters is 1. The minimum Gasteiger partial charge on any atom is -0.463 e. The number of aryl methyl sites for hydroxylation is 1. The van der Waals surface area contributed by atoms with Gasteiger partial charge in [0.1, 0.15) is 0 Å². The van der Waals surface area contributed by atoms with Crippen molar-refractivity contribution in [2.75, 3.05) is 7.11 Å². The average Bonchev–Trinajstić information content (AvgIpc) is 2.82. The van der Waals surface area contributed by atoms with Gasteiger partial charge in [0.05, 0.1) is 23.4 Å². The van der Waals surface area contributed by atoms with E-state index in [1.807, 2.05) is 6.92 Å². The summed E-state index contributed by atoms with van der Waals surface area (Å²) in [6.07, 6.45) is 1.46. The van der Waals surface area contributed by atoms with Crippen LogP contribution in [0.4, 0.5) is 0 Å². The van der Waals surface area contributed by atoms with Gasteiger partial charge in [-0.1, -0.05) is 36.5 Å². The van der Waals surface area contributed by atoms with E-state index in [1.54, 1.807) is 18.2 Å². The van der Waals surface area contributed by atoms with Gasteiger partial charge in [-0.3, -0.25) is 0 Å². The van der Waals surface area contributed by atoms with Crippen molar-refractivity contribution in [2.45, 2.75) is 19.8 Å². The van der Waals surface area contributed by atoms with Crippen molar-refractivity contribution in [3.63, 3.8) is 0 Å². The fraction of sp³-hybridized carbons (Fsp3) is 0.286. The number of ether oxygens (including phenoxy) is 1. The van der Waals surface area contributed by atoms with Crippen molar-refractivity contribution in [3.8, 4) is 11.5 Å². The van der Waals surface area contributed by atoms with E-state index in [0.29, 0.717) is 27.7 Å². The van der Waals surface area contributed by atoms with E-state index in [4.69, 9.17) is 32.4 Å². The number of carbonyl (C=O) groups is 1. The third kappa shape index (κ3) is 2.97. The Kier molecular flexibility index (Phi) is 4.68. The lowest BCUT2D eigenvalue weighted by Gasteiger charge is -1.99. The second-order valence-corrected chi connectivity index (χ2v) is 5.00. The van der Waals surface area contributed by atoms with Crippen LogP contribution in [0.2, 0.25) is 10.0 Å². The van der Waals surface area contributed by atoms with Crippen LogP contribution < -0.4 is 0 Å². The highest BCUT2D eigenvalue weighted by atomic mass is 35.5. The molecule has 0 unspecified atom stereocenters. The monoisotopic (exact) mass is 313 g/mol. The van der Waals surface area contributed by atoms with Crippen molar-refractivity contribution in [3.05, 3.63) is 39.7 Å². The molecule has 20 heavy (non-hydrogen) atoms. The summed E-state index contributed by atoms with van der Waals surface area (Å²) in [6.45, 7) is 1.99. The maximum absolute atomic E-state index is 11.7. The highest BCUT2D eigenvalue weighted by molar-refractivity contribution is 6.36. The number of aromatic nitrogens is 1. The Balaban J connectivity index is 2.49. The van der Waals surface area contributed by atoms with Crippen LogP contribution in [-0.4, -0.2) is 18.1 Å². The largest absolute Gasteiger partial charge is 0.463 e. The average molecular weight is 314 g/mol. The first-order valence-corrected chi connectivity index (χ1v) is 6.85. The highest BCUT2D eigenvalue weighted by Crippen LogP contribution is 2.31. The predicted molar refractivity (Wildman–Crippen MR) is 77.3 cm³/mol. The zero-order chi connectivity index (χ0) is 14.7. The minimum atomic E-state index is -0.544. The molecule has 0 atom stereocenters. The van der Waals surface area contributed by atoms with Crippen LogP contribution in [0.3, 0.4) is 0 Å². The normalized spacial score (nSPS) is 10.6. The molecule has 0 amide bonds. The van der Waals surface area contributed by atoms with Crippen LogP contribution in [0.25, 0.3) is 11.5 Å². The quantitative estimate of drug-likeness (QED) is 0.786. The summed E-state index contributed by atoms with van der Waals surface area (Å²) in [5, 5.41) is 0.936. The Morgan fingerprint density at radius 2 is 2.15 bits per heavy atom. The van der Waals surface area contributed by atoms with Gasteiger partial charge in [0.2, 0.25) is 11.7 Å². The fourth-order valence-corrected chi connectivity index (χ4v) is 2.28. The maximum atomic E-state index is 11.7. The van der Waals surface area contributed by atoms with Crippen LogP contribution in [0, 0.1) is 0 Å². The van der Waals surface area contributed by atoms with Gasteiger partial charge in [-0.05, 0) is 24.6 Å². The second kappa shape index (κ2) is 6.29. The molecular formula is C14H13Cl2NO3. The van der Waals surface area contributed by atoms with E-state index < -0.39 is 5.97 Å². The van der Waals surface area contributed by atoms with Gasteiger partial charge in [-0.2, -0.15) is 0 Å². The number of methoxy groups -OCH3 is 1. The summed E-state index contributed by atoms with van der Waals surface area (Å²) in [5.41, 5.74) is 1.16. The first kappa shape index (κ1) is 14.9. The van der Waals surface area contributed by atoms with E-state index in [-0.39, 0.29) is 11.7 Å². The molecule has 1 aromatic heterocycles. The van der Waals surface area contributed by atoms with Crippen LogP contribution in [0.15, 0.2) is 22.6 Å². The molecule has 0 aliphatic heterocycles. The first-order chi connectivity index (χ1) is 9.56. The van der Waals surface area contributed by atoms with E-state index in [9.17, 15) is 4.79 Å². The third-order valence-corrected chi connectivity index (χ3v) is 3.26. The lowest BCUT2D eigenvalue weighted by atomic mass is 10.2. The Hall–Kier alpha value is -1.52. The summed E-state index contributed by atoms with van der Waals surface area (Å²) in [5.74, 6) is -0.136. The number of oxazole rings is 1. The predicted octanol–water partition coefficient (Wildman–Crippen LogP) is 4.39. The number of hydrogen-bond acceptors (Lipinski definition) is 4. The van der Waals surface area contributed by atoms with Crippen LogP contribution >= 0.6 is 23.2 Å². The SMILES string of the molecule is CCCc1nc(-c2ccc(Cl)cc2Cl)oc1C(=O)OC. The van der Waals surface area contributed by atoms with Gasteiger partial charge in [-0.15, -0.1) is 0 Å². The van der Waals surface area contributed by atoms with Crippen molar-refractivity contribution >= 4 is 29.2 Å². The Morgan fingerprint density at radius 1 is 1.40 bits per heavy atom. The molecule has 0 spiro atoms. The second-order valence-electron chi connectivity index (χ2n) is 4.16. The van der Waals surface area contributed by atoms with Gasteiger partial charge in [0.15, 0.2) is 0 Å². The molecule has 0 bridgehead atoms. The molecule has 1 heterocycles. The number of rotatable bonds is 4. The van der Waals surface area contributed by atoms with Crippen LogP contribution in [0.1, 0.15) is 29.6 Å². The molecule has 0 aliphatic rings. The maximum Gasteiger partial charge on any atom is 0.376 e. The minimum absolute atomic E-state index is 0.121. The molecule has 0 saturated carbocycles. The zero-order valence-corrected chi connectivity index (χ0v) is 12.6. The molecule has 2 aromatic rings. The highest BCUT2D eigenvalue weighted by Gasteiger charge is 2.22. The topological polar surface area (TPSA) is 52.3 Å². The summed E-state index contributed by atoms with van der Waals surface area (Å²) in [4.78, 5) is 16.0. The Labute approximate surface area is 126 Å². The molecule has 0 fully saturated rings. The van der Waals surface area contributed by atoms with E-state index in [0.717, 1.165) is 6.42 Å². The number of halogens is 2. The van der Waals surface area contributed by atoms with E-state index >= 15 is 0 Å². The molecule has 4 nitrogen and oxygen atoms in total. The molecule has 6 heteroatoms. The van der Waals surface area contributed by atoms with Crippen LogP contribution in [-0.2, 0) is 11.2 Å². The molecule has 0 saturated heterocycles. The molecular weight excluding hydrogens is 301 g/mol. The summed E-state index contributed by atoms with van der Waals surface area (Å²) < 4.78 is 10.2. The number of nitrogens with zero attached hydrogens (tertiary/aromatic N) is 1. The van der Waals surface area contributed by atoms with Crippen molar-refractivity contribution in [2.24, 2.45) is 0 Å². The summed E-state index contributed by atoms with van der Waals surface area (Å²) >= 11 is 12.0. The summed E-state index contributed by atoms with van der Waals surface area (Å²) in [6, 6.07) is 4.98. The van der Waals surface area contributed by atoms with Gasteiger partial charge in [0.25, 0.3) is 0 Å². The summed E-state index contributed by atoms with van der Waals surface area (Å²) in [7, 11) is 1.30. The van der Waals surface area contributed by atoms with Crippen molar-refractivity contribution in [1.82, 2.24) is 4.98 Å². The van der Waals surface area contributed by atoms with E-state index in [1.165, 1.54) is 7.11 Å². The van der Waals surface area contributed by atoms with E-state index in [2.05, 4.69) is 4.98 Å². The first-order valence-electron chi connectivity index (χ1n) is 6.10. The standard InChI is InChI=1S/C14H13Cl2NO3/c1-3-4-11-12(14(18)19-2)20-13(17-11)9-6-5-8(15)7-10(9)16/h5-7H,3-4H2,1-2H3. The Bertz CT molecular complexity index is 637. The van der Waals surface area contributed by atoms with Crippen molar-refractivity contribution in [1.29, 1.82) is 0 Å². The molecule has 2 rings (SSSR count). The van der Waals surface area contributed by atoms with Crippen LogP contribution in [0.5, 0.6) is 0 Å². The lowest BCUT2D eigenvalue weighted by molar-refractivity contribution is 0.0564. The van der Waals surface area contributed by atoms with Gasteiger partial charge in [0, 0.05) is 5.02 Å². The Morgan fingerprint density at radius 3 is 2.75 bits per heavy atom. The molecule has 0 radical (unpaired) electrons. The molecule has 0 aliphatic carbocycles. The molecule has 106 valence electrons. The van der Waals surface area contributed by atoms with Gasteiger partial charge >= 0.3 is 5.97 Å². The third-order valence-electron chi connectivity index (χ3n) is 2.72. The lowest BCUT2D eigenvalue weighted by Crippen LogP contribution is -2.03. The molecule has 1 aromatic carbocycles. The van der Waals surface area contributed by atoms with Gasteiger partial charge < -0.3 is 9.15 Å². The smallest absolute Gasteiger partial charge is 0.376 e. The zero-order valence-electron chi connectivity index (χ0n) is 11.1. The van der Waals surface area contributed by atoms with Gasteiger partial charge in [-0.25, -0.2) is 9.78 Å². The molecule has 0 N–H and O–H groups in total. The van der Waals surface area contributed by atoms with Crippen molar-refractivity contribution < 1.29 is 13.9 Å².